The Bertz CT molecular complexity index is 184. The van der Waals surface area contributed by atoms with Crippen molar-refractivity contribution < 1.29 is 0 Å². The molecule has 0 aromatic heterocycles. The molecule has 1 atom stereocenters. The minimum absolute atomic E-state index is 0.754. The fraction of sp³-hybridized carbons (Fsp3) is 1.00. The molecule has 0 radical (unpaired) electrons. The normalized spacial score (nSPS) is 18.6. The summed E-state index contributed by atoms with van der Waals surface area (Å²) in [6, 6.07) is 0.754. The van der Waals surface area contributed by atoms with Gasteiger partial charge in [-0.15, -0.1) is 0 Å². The topological polar surface area (TPSA) is 12.0 Å². The molecule has 1 saturated carbocycles. The van der Waals surface area contributed by atoms with Crippen molar-refractivity contribution in [1.29, 1.82) is 0 Å². The predicted molar refractivity (Wildman–Crippen MR) is 86.6 cm³/mol. The highest BCUT2D eigenvalue weighted by molar-refractivity contribution is 4.75. The van der Waals surface area contributed by atoms with Gasteiger partial charge in [-0.05, 0) is 38.6 Å². The van der Waals surface area contributed by atoms with Gasteiger partial charge < -0.3 is 5.32 Å². The van der Waals surface area contributed by atoms with Crippen LogP contribution in [0.25, 0.3) is 0 Å². The van der Waals surface area contributed by atoms with Crippen molar-refractivity contribution in [3.63, 3.8) is 0 Å². The predicted octanol–water partition coefficient (Wildman–Crippen LogP) is 5.69. The zero-order valence-electron chi connectivity index (χ0n) is 13.6. The second-order valence-corrected chi connectivity index (χ2v) is 6.62. The van der Waals surface area contributed by atoms with Gasteiger partial charge in [-0.25, -0.2) is 0 Å². The van der Waals surface area contributed by atoms with E-state index in [2.05, 4.69) is 19.2 Å². The number of nitrogens with one attached hydrogen (secondary N) is 1. The maximum absolute atomic E-state index is 3.76. The third kappa shape index (κ3) is 8.68. The minimum atomic E-state index is 0.754. The van der Waals surface area contributed by atoms with E-state index < -0.39 is 0 Å². The molecule has 114 valence electrons. The largest absolute Gasteiger partial charge is 0.314 e. The van der Waals surface area contributed by atoms with Crippen LogP contribution < -0.4 is 5.32 Å². The number of hydrogen-bond acceptors (Lipinski definition) is 1. The van der Waals surface area contributed by atoms with Crippen LogP contribution in [0.5, 0.6) is 0 Å². The molecular formula is C18H37N. The highest BCUT2D eigenvalue weighted by Crippen LogP contribution is 2.26. The van der Waals surface area contributed by atoms with Crippen LogP contribution in [0, 0.1) is 5.92 Å². The van der Waals surface area contributed by atoms with Crippen LogP contribution in [-0.2, 0) is 0 Å². The van der Waals surface area contributed by atoms with Gasteiger partial charge in [0.25, 0.3) is 0 Å². The molecule has 0 bridgehead atoms. The smallest absolute Gasteiger partial charge is 0.00669 e. The third-order valence-corrected chi connectivity index (χ3v) is 4.85. The molecule has 1 heteroatoms. The molecule has 0 heterocycles. The Morgan fingerprint density at radius 1 is 0.842 bits per heavy atom. The molecule has 0 unspecified atom stereocenters. The SMILES string of the molecule is CCCCCCCCCCN[C@@H](C)C1CCCCC1. The van der Waals surface area contributed by atoms with E-state index >= 15 is 0 Å². The van der Waals surface area contributed by atoms with Crippen molar-refractivity contribution in [3.05, 3.63) is 0 Å². The third-order valence-electron chi connectivity index (χ3n) is 4.85. The van der Waals surface area contributed by atoms with Gasteiger partial charge in [0.15, 0.2) is 0 Å². The molecule has 0 aromatic carbocycles. The van der Waals surface area contributed by atoms with Gasteiger partial charge in [-0.2, -0.15) is 0 Å². The summed E-state index contributed by atoms with van der Waals surface area (Å²) in [6.07, 6.45) is 18.8. The zero-order chi connectivity index (χ0) is 13.8. The lowest BCUT2D eigenvalue weighted by atomic mass is 9.84. The summed E-state index contributed by atoms with van der Waals surface area (Å²) in [5, 5.41) is 3.76. The number of rotatable bonds is 11. The van der Waals surface area contributed by atoms with Gasteiger partial charge >= 0.3 is 0 Å². The average molecular weight is 268 g/mol. The van der Waals surface area contributed by atoms with E-state index in [1.807, 2.05) is 0 Å². The van der Waals surface area contributed by atoms with Gasteiger partial charge in [-0.3, -0.25) is 0 Å². The molecule has 0 aliphatic heterocycles. The van der Waals surface area contributed by atoms with Crippen LogP contribution in [-0.4, -0.2) is 12.6 Å². The quantitative estimate of drug-likeness (QED) is 0.474. The Balaban J connectivity index is 1.84. The molecule has 1 nitrogen and oxygen atoms in total. The molecule has 1 rings (SSSR count). The van der Waals surface area contributed by atoms with Crippen molar-refractivity contribution in [2.75, 3.05) is 6.54 Å². The molecular weight excluding hydrogens is 230 g/mol. The fourth-order valence-electron chi connectivity index (χ4n) is 3.39. The summed E-state index contributed by atoms with van der Waals surface area (Å²) >= 11 is 0. The maximum atomic E-state index is 3.76. The van der Waals surface area contributed by atoms with Crippen molar-refractivity contribution >= 4 is 0 Å². The Morgan fingerprint density at radius 2 is 1.42 bits per heavy atom. The van der Waals surface area contributed by atoms with Crippen molar-refractivity contribution in [2.45, 2.75) is 103 Å². The first-order chi connectivity index (χ1) is 9.34. The highest BCUT2D eigenvalue weighted by Gasteiger charge is 2.18. The van der Waals surface area contributed by atoms with Crippen LogP contribution in [0.15, 0.2) is 0 Å². The molecule has 1 aliphatic rings. The lowest BCUT2D eigenvalue weighted by Gasteiger charge is -2.28. The van der Waals surface area contributed by atoms with E-state index in [1.165, 1.54) is 90.0 Å². The standard InChI is InChI=1S/C18H37N/c1-3-4-5-6-7-8-9-13-16-19-17(2)18-14-11-10-12-15-18/h17-19H,3-16H2,1-2H3/t17-/m0/s1. The Kier molecular flexibility index (Phi) is 10.5. The van der Waals surface area contributed by atoms with Crippen LogP contribution in [0.2, 0.25) is 0 Å². The molecule has 0 saturated heterocycles. The first-order valence-electron chi connectivity index (χ1n) is 9.08. The van der Waals surface area contributed by atoms with E-state index in [9.17, 15) is 0 Å². The van der Waals surface area contributed by atoms with Crippen molar-refractivity contribution in [2.24, 2.45) is 5.92 Å². The summed E-state index contributed by atoms with van der Waals surface area (Å²) in [7, 11) is 0. The molecule has 19 heavy (non-hydrogen) atoms. The van der Waals surface area contributed by atoms with E-state index in [0.29, 0.717) is 0 Å². The zero-order valence-corrected chi connectivity index (χ0v) is 13.6. The monoisotopic (exact) mass is 267 g/mol. The summed E-state index contributed by atoms with van der Waals surface area (Å²) in [6.45, 7) is 5.94. The Labute approximate surface area is 121 Å². The van der Waals surface area contributed by atoms with E-state index in [-0.39, 0.29) is 0 Å². The average Bonchev–Trinajstić information content (AvgIpc) is 2.46. The fourth-order valence-corrected chi connectivity index (χ4v) is 3.39. The van der Waals surface area contributed by atoms with Crippen LogP contribution in [0.1, 0.15) is 97.3 Å². The Morgan fingerprint density at radius 3 is 2.05 bits per heavy atom. The Hall–Kier alpha value is -0.0400. The van der Waals surface area contributed by atoms with Gasteiger partial charge in [0.2, 0.25) is 0 Å². The van der Waals surface area contributed by atoms with Gasteiger partial charge in [0.05, 0.1) is 0 Å². The summed E-state index contributed by atoms with van der Waals surface area (Å²) in [4.78, 5) is 0. The van der Waals surface area contributed by atoms with E-state index in [1.54, 1.807) is 0 Å². The van der Waals surface area contributed by atoms with Gasteiger partial charge in [0.1, 0.15) is 0 Å². The summed E-state index contributed by atoms with van der Waals surface area (Å²) < 4.78 is 0. The minimum Gasteiger partial charge on any atom is -0.314 e. The van der Waals surface area contributed by atoms with Crippen molar-refractivity contribution in [3.8, 4) is 0 Å². The molecule has 0 spiro atoms. The van der Waals surface area contributed by atoms with Crippen LogP contribution >= 0.6 is 0 Å². The number of hydrogen-bond donors (Lipinski definition) is 1. The second-order valence-electron chi connectivity index (χ2n) is 6.62. The van der Waals surface area contributed by atoms with Crippen molar-refractivity contribution in [1.82, 2.24) is 5.32 Å². The van der Waals surface area contributed by atoms with Crippen LogP contribution in [0.4, 0.5) is 0 Å². The first-order valence-corrected chi connectivity index (χ1v) is 9.08. The maximum Gasteiger partial charge on any atom is 0.00669 e. The first kappa shape index (κ1) is 17.0. The second kappa shape index (κ2) is 11.8. The van der Waals surface area contributed by atoms with Gasteiger partial charge in [-0.1, -0.05) is 71.1 Å². The van der Waals surface area contributed by atoms with E-state index in [4.69, 9.17) is 0 Å². The molecule has 0 amide bonds. The van der Waals surface area contributed by atoms with Crippen LogP contribution in [0.3, 0.4) is 0 Å². The molecule has 0 aromatic rings. The van der Waals surface area contributed by atoms with Gasteiger partial charge in [0, 0.05) is 6.04 Å². The molecule has 1 N–H and O–H groups in total. The molecule has 1 fully saturated rings. The lowest BCUT2D eigenvalue weighted by Crippen LogP contribution is -2.35. The summed E-state index contributed by atoms with van der Waals surface area (Å²) in [5.41, 5.74) is 0. The van der Waals surface area contributed by atoms with E-state index in [0.717, 1.165) is 12.0 Å². The number of unbranched alkanes of at least 4 members (excludes halogenated alkanes) is 7. The lowest BCUT2D eigenvalue weighted by molar-refractivity contribution is 0.280. The summed E-state index contributed by atoms with van der Waals surface area (Å²) in [5.74, 6) is 0.961. The molecule has 1 aliphatic carbocycles. The highest BCUT2D eigenvalue weighted by atomic mass is 14.9.